The summed E-state index contributed by atoms with van der Waals surface area (Å²) in [6, 6.07) is 12.0. The third-order valence-electron chi connectivity index (χ3n) is 3.21. The number of aromatic nitrogens is 5. The number of nitrogens with one attached hydrogen (secondary N) is 1. The van der Waals surface area contributed by atoms with Gasteiger partial charge in [0.15, 0.2) is 6.04 Å². The summed E-state index contributed by atoms with van der Waals surface area (Å²) in [4.78, 5) is 16.7. The summed E-state index contributed by atoms with van der Waals surface area (Å²) in [5.41, 5.74) is 1.34. The van der Waals surface area contributed by atoms with Crippen LogP contribution in [0.3, 0.4) is 0 Å². The van der Waals surface area contributed by atoms with Gasteiger partial charge in [0.1, 0.15) is 6.33 Å². The van der Waals surface area contributed by atoms with Gasteiger partial charge < -0.3 is 10.1 Å². The fourth-order valence-corrected chi connectivity index (χ4v) is 2.13. The molecule has 0 unspecified atom stereocenters. The Morgan fingerprint density at radius 1 is 1.22 bits per heavy atom. The van der Waals surface area contributed by atoms with Gasteiger partial charge in [-0.15, -0.1) is 5.10 Å². The lowest BCUT2D eigenvalue weighted by Crippen LogP contribution is -2.27. The molecule has 0 bridgehead atoms. The maximum atomic E-state index is 12.7. The van der Waals surface area contributed by atoms with Crippen molar-refractivity contribution in [2.24, 2.45) is 0 Å². The number of hydrogen-bond acceptors (Lipinski definition) is 6. The van der Waals surface area contributed by atoms with E-state index in [0.717, 1.165) is 5.56 Å². The highest BCUT2D eigenvalue weighted by atomic mass is 16.5. The van der Waals surface area contributed by atoms with Gasteiger partial charge in [-0.1, -0.05) is 30.3 Å². The second-order valence-corrected chi connectivity index (χ2v) is 4.68. The predicted octanol–water partition coefficient (Wildman–Crippen LogP) is 1.30. The number of pyridine rings is 1. The minimum Gasteiger partial charge on any atom is -0.481 e. The zero-order valence-corrected chi connectivity index (χ0v) is 12.3. The highest BCUT2D eigenvalue weighted by molar-refractivity contribution is 5.95. The van der Waals surface area contributed by atoms with Crippen LogP contribution in [0.4, 0.5) is 5.69 Å². The number of amides is 1. The number of methoxy groups -OCH3 is 1. The lowest BCUT2D eigenvalue weighted by Gasteiger charge is -2.16. The predicted molar refractivity (Wildman–Crippen MR) is 81.8 cm³/mol. The van der Waals surface area contributed by atoms with E-state index >= 15 is 0 Å². The van der Waals surface area contributed by atoms with Crippen LogP contribution in [0.25, 0.3) is 0 Å². The third kappa shape index (κ3) is 3.31. The van der Waals surface area contributed by atoms with Crippen molar-refractivity contribution in [1.82, 2.24) is 25.2 Å². The van der Waals surface area contributed by atoms with E-state index in [4.69, 9.17) is 4.74 Å². The highest BCUT2D eigenvalue weighted by Crippen LogP contribution is 2.19. The van der Waals surface area contributed by atoms with Crippen LogP contribution in [0.1, 0.15) is 11.6 Å². The molecule has 0 saturated carbocycles. The Morgan fingerprint density at radius 2 is 2.04 bits per heavy atom. The van der Waals surface area contributed by atoms with Crippen molar-refractivity contribution >= 4 is 11.6 Å². The number of hydrogen-bond donors (Lipinski definition) is 1. The zero-order valence-electron chi connectivity index (χ0n) is 12.3. The van der Waals surface area contributed by atoms with Gasteiger partial charge in [-0.05, 0) is 22.1 Å². The van der Waals surface area contributed by atoms with E-state index in [1.54, 1.807) is 12.1 Å². The largest absolute Gasteiger partial charge is 0.481 e. The summed E-state index contributed by atoms with van der Waals surface area (Å²) in [5.74, 6) is 0.207. The maximum Gasteiger partial charge on any atom is 0.254 e. The van der Waals surface area contributed by atoms with Crippen LogP contribution < -0.4 is 10.1 Å². The van der Waals surface area contributed by atoms with Crippen LogP contribution in [0.5, 0.6) is 5.88 Å². The average molecular weight is 310 g/mol. The number of tetrazole rings is 1. The van der Waals surface area contributed by atoms with Crippen molar-refractivity contribution in [2.45, 2.75) is 6.04 Å². The van der Waals surface area contributed by atoms with Gasteiger partial charge >= 0.3 is 0 Å². The lowest BCUT2D eigenvalue weighted by molar-refractivity contribution is -0.118. The smallest absolute Gasteiger partial charge is 0.254 e. The van der Waals surface area contributed by atoms with Crippen molar-refractivity contribution < 1.29 is 9.53 Å². The minimum absolute atomic E-state index is 0.268. The van der Waals surface area contributed by atoms with E-state index in [-0.39, 0.29) is 5.91 Å². The molecule has 116 valence electrons. The van der Waals surface area contributed by atoms with E-state index in [9.17, 15) is 4.79 Å². The highest BCUT2D eigenvalue weighted by Gasteiger charge is 2.23. The molecule has 0 aliphatic carbocycles. The van der Waals surface area contributed by atoms with Gasteiger partial charge in [0.2, 0.25) is 5.88 Å². The Bertz CT molecular complexity index is 758. The third-order valence-corrected chi connectivity index (χ3v) is 3.21. The quantitative estimate of drug-likeness (QED) is 0.763. The summed E-state index contributed by atoms with van der Waals surface area (Å²) >= 11 is 0. The van der Waals surface area contributed by atoms with E-state index in [1.807, 2.05) is 30.3 Å². The van der Waals surface area contributed by atoms with E-state index in [1.165, 1.54) is 24.3 Å². The molecule has 1 amide bonds. The first-order valence-electron chi connectivity index (χ1n) is 6.86. The molecule has 0 aliphatic rings. The van der Waals surface area contributed by atoms with Crippen molar-refractivity contribution in [3.63, 3.8) is 0 Å². The molecule has 0 saturated heterocycles. The Morgan fingerprint density at radius 3 is 2.65 bits per heavy atom. The zero-order chi connectivity index (χ0) is 16.1. The molecule has 23 heavy (non-hydrogen) atoms. The monoisotopic (exact) mass is 310 g/mol. The summed E-state index contributed by atoms with van der Waals surface area (Å²) in [5, 5.41) is 13.9. The number of benzene rings is 1. The number of ether oxygens (including phenoxy) is 1. The Kier molecular flexibility index (Phi) is 4.23. The molecule has 8 nitrogen and oxygen atoms in total. The van der Waals surface area contributed by atoms with E-state index < -0.39 is 6.04 Å². The van der Waals surface area contributed by atoms with E-state index in [0.29, 0.717) is 11.6 Å². The first-order valence-corrected chi connectivity index (χ1v) is 6.86. The lowest BCUT2D eigenvalue weighted by atomic mass is 10.1. The van der Waals surface area contributed by atoms with Crippen molar-refractivity contribution in [1.29, 1.82) is 0 Å². The standard InChI is InChI=1S/C15H14N6O2/c1-23-13-8-7-12(9-16-13)18-15(22)14(21-10-17-19-20-21)11-5-3-2-4-6-11/h2-10,14H,1H3,(H,18,22)/t14-/m1/s1. The Labute approximate surface area is 132 Å². The SMILES string of the molecule is COc1ccc(NC(=O)[C@@H](c2ccccc2)n2cnnn2)cn1. The van der Waals surface area contributed by atoms with E-state index in [2.05, 4.69) is 25.8 Å². The number of nitrogens with zero attached hydrogens (tertiary/aromatic N) is 5. The van der Waals surface area contributed by atoms with Crippen molar-refractivity contribution in [3.05, 3.63) is 60.6 Å². The van der Waals surface area contributed by atoms with Crippen LogP contribution in [0.15, 0.2) is 55.0 Å². The molecule has 1 aromatic carbocycles. The van der Waals surface area contributed by atoms with Crippen molar-refractivity contribution in [3.8, 4) is 5.88 Å². The Hall–Kier alpha value is -3.29. The molecule has 3 rings (SSSR count). The van der Waals surface area contributed by atoms with Crippen LogP contribution in [0, 0.1) is 0 Å². The van der Waals surface area contributed by atoms with Gasteiger partial charge in [0, 0.05) is 6.07 Å². The van der Waals surface area contributed by atoms with Gasteiger partial charge in [0.05, 0.1) is 19.0 Å². The molecule has 1 atom stereocenters. The molecular weight excluding hydrogens is 296 g/mol. The van der Waals surface area contributed by atoms with Crippen LogP contribution in [-0.4, -0.2) is 38.2 Å². The minimum atomic E-state index is -0.673. The Balaban J connectivity index is 1.86. The first kappa shape index (κ1) is 14.6. The molecular formula is C15H14N6O2. The molecule has 8 heteroatoms. The van der Waals surface area contributed by atoms with Crippen LogP contribution in [0.2, 0.25) is 0 Å². The summed E-state index contributed by atoms with van der Waals surface area (Å²) in [7, 11) is 1.53. The van der Waals surface area contributed by atoms with Crippen molar-refractivity contribution in [2.75, 3.05) is 12.4 Å². The fourth-order valence-electron chi connectivity index (χ4n) is 2.13. The normalized spacial score (nSPS) is 11.7. The molecule has 0 fully saturated rings. The summed E-state index contributed by atoms with van der Waals surface area (Å²) in [6.07, 6.45) is 2.93. The molecule has 0 aliphatic heterocycles. The average Bonchev–Trinajstić information content (AvgIpc) is 3.11. The topological polar surface area (TPSA) is 94.8 Å². The summed E-state index contributed by atoms with van der Waals surface area (Å²) in [6.45, 7) is 0. The van der Waals surface area contributed by atoms with Gasteiger partial charge in [-0.2, -0.15) is 0 Å². The van der Waals surface area contributed by atoms with Gasteiger partial charge in [-0.25, -0.2) is 9.67 Å². The van der Waals surface area contributed by atoms with Gasteiger partial charge in [0.25, 0.3) is 5.91 Å². The molecule has 2 heterocycles. The number of anilines is 1. The second kappa shape index (κ2) is 6.65. The first-order chi connectivity index (χ1) is 11.3. The summed E-state index contributed by atoms with van der Waals surface area (Å²) < 4.78 is 6.40. The number of rotatable bonds is 5. The van der Waals surface area contributed by atoms with Gasteiger partial charge in [-0.3, -0.25) is 4.79 Å². The molecule has 0 radical (unpaired) electrons. The molecule has 1 N–H and O–H groups in total. The number of carbonyl (C=O) groups excluding carboxylic acids is 1. The van der Waals surface area contributed by atoms with Crippen LogP contribution in [-0.2, 0) is 4.79 Å². The molecule has 2 aromatic heterocycles. The molecule has 3 aromatic rings. The second-order valence-electron chi connectivity index (χ2n) is 4.68. The number of carbonyl (C=O) groups is 1. The maximum absolute atomic E-state index is 12.7. The van der Waals surface area contributed by atoms with Crippen LogP contribution >= 0.6 is 0 Å². The molecule has 0 spiro atoms. The fraction of sp³-hybridized carbons (Fsp3) is 0.133.